The van der Waals surface area contributed by atoms with Crippen molar-refractivity contribution in [3.05, 3.63) is 65.7 Å². The predicted octanol–water partition coefficient (Wildman–Crippen LogP) is 3.70. The topological polar surface area (TPSA) is 146 Å². The van der Waals surface area contributed by atoms with E-state index in [0.29, 0.717) is 28.7 Å². The highest BCUT2D eigenvalue weighted by molar-refractivity contribution is 7.91. The van der Waals surface area contributed by atoms with Gasteiger partial charge in [-0.2, -0.15) is 5.26 Å². The molecule has 0 unspecified atom stereocenters. The fraction of sp³-hybridized carbons (Fsp3) is 0.320. The maximum absolute atomic E-state index is 15.9. The Morgan fingerprint density at radius 1 is 1.13 bits per heavy atom. The van der Waals surface area contributed by atoms with Crippen LogP contribution in [-0.2, 0) is 21.3 Å². The Labute approximate surface area is 218 Å². The third kappa shape index (κ3) is 4.82. The fourth-order valence-corrected chi connectivity index (χ4v) is 5.45. The second kappa shape index (κ2) is 10.2. The summed E-state index contributed by atoms with van der Waals surface area (Å²) >= 11 is 0. The average molecular weight is 541 g/mol. The Bertz CT molecular complexity index is 1580. The van der Waals surface area contributed by atoms with Gasteiger partial charge in [0.2, 0.25) is 5.82 Å². The van der Waals surface area contributed by atoms with Crippen LogP contribution in [0.5, 0.6) is 11.5 Å². The van der Waals surface area contributed by atoms with E-state index < -0.39 is 26.5 Å². The van der Waals surface area contributed by atoms with Crippen LogP contribution in [0, 0.1) is 18.3 Å². The molecule has 0 aliphatic heterocycles. The van der Waals surface area contributed by atoms with E-state index >= 15 is 4.39 Å². The third-order valence-corrected chi connectivity index (χ3v) is 8.35. The van der Waals surface area contributed by atoms with Gasteiger partial charge in [0, 0.05) is 12.4 Å². The maximum atomic E-state index is 15.9. The lowest BCUT2D eigenvalue weighted by atomic mass is 10.0. The van der Waals surface area contributed by atoms with Gasteiger partial charge in [0.1, 0.15) is 40.0 Å². The first-order valence-electron chi connectivity index (χ1n) is 11.4. The summed E-state index contributed by atoms with van der Waals surface area (Å²) in [6, 6.07) is 10.3. The largest absolute Gasteiger partial charge is 0.494 e. The molecule has 0 aliphatic rings. The quantitative estimate of drug-likeness (QED) is 0.308. The minimum Gasteiger partial charge on any atom is -0.494 e. The van der Waals surface area contributed by atoms with E-state index in [-0.39, 0.29) is 23.0 Å². The van der Waals surface area contributed by atoms with Gasteiger partial charge in [-0.15, -0.1) is 10.2 Å². The van der Waals surface area contributed by atoms with Gasteiger partial charge in [0.05, 0.1) is 19.8 Å². The van der Waals surface area contributed by atoms with Gasteiger partial charge in [0.25, 0.3) is 0 Å². The SMILES string of the molecule is COc1cccc(OC)c1-n1c(CS(=O)(=O)[C@@H](C)[C@@](C)(F)c2ncc(C#N)cn2)nnc1-c1ccc(C)o1. The summed E-state index contributed by atoms with van der Waals surface area (Å²) in [5, 5.41) is 15.7. The minimum absolute atomic E-state index is 0.0137. The number of sulfone groups is 1. The van der Waals surface area contributed by atoms with Crippen molar-refractivity contribution in [2.24, 2.45) is 0 Å². The first-order chi connectivity index (χ1) is 18.0. The first-order valence-corrected chi connectivity index (χ1v) is 13.1. The molecule has 0 saturated heterocycles. The molecule has 4 rings (SSSR count). The van der Waals surface area contributed by atoms with Crippen molar-refractivity contribution in [3.63, 3.8) is 0 Å². The smallest absolute Gasteiger partial charge is 0.204 e. The van der Waals surface area contributed by atoms with Crippen LogP contribution >= 0.6 is 0 Å². The lowest BCUT2D eigenvalue weighted by Gasteiger charge is -2.26. The maximum Gasteiger partial charge on any atom is 0.204 e. The van der Waals surface area contributed by atoms with E-state index in [1.165, 1.54) is 25.7 Å². The van der Waals surface area contributed by atoms with E-state index in [2.05, 4.69) is 20.2 Å². The number of halogens is 1. The molecule has 0 spiro atoms. The Morgan fingerprint density at radius 3 is 2.29 bits per heavy atom. The number of hydrogen-bond acceptors (Lipinski definition) is 10. The monoisotopic (exact) mass is 540 g/mol. The lowest BCUT2D eigenvalue weighted by molar-refractivity contribution is 0.174. The Morgan fingerprint density at radius 2 is 1.76 bits per heavy atom. The third-order valence-electron chi connectivity index (χ3n) is 6.17. The predicted molar refractivity (Wildman–Crippen MR) is 134 cm³/mol. The molecule has 3 heterocycles. The van der Waals surface area contributed by atoms with Crippen molar-refractivity contribution in [2.45, 2.75) is 37.4 Å². The molecule has 0 aliphatic carbocycles. The van der Waals surface area contributed by atoms with Crippen LogP contribution in [0.25, 0.3) is 17.3 Å². The molecule has 11 nitrogen and oxygen atoms in total. The van der Waals surface area contributed by atoms with Gasteiger partial charge in [-0.3, -0.25) is 4.57 Å². The van der Waals surface area contributed by atoms with Crippen molar-refractivity contribution < 1.29 is 26.7 Å². The molecule has 1 aromatic carbocycles. The molecular weight excluding hydrogens is 515 g/mol. The number of nitrogens with zero attached hydrogens (tertiary/aromatic N) is 6. The summed E-state index contributed by atoms with van der Waals surface area (Å²) in [7, 11) is -1.30. The summed E-state index contributed by atoms with van der Waals surface area (Å²) < 4.78 is 61.3. The van der Waals surface area contributed by atoms with Crippen LogP contribution in [0.3, 0.4) is 0 Å². The zero-order valence-corrected chi connectivity index (χ0v) is 22.2. The lowest BCUT2D eigenvalue weighted by Crippen LogP contribution is -2.39. The molecule has 2 atom stereocenters. The van der Waals surface area contributed by atoms with Crippen molar-refractivity contribution in [1.82, 2.24) is 24.7 Å². The number of hydrogen-bond donors (Lipinski definition) is 0. The van der Waals surface area contributed by atoms with Gasteiger partial charge in [-0.1, -0.05) is 6.07 Å². The average Bonchev–Trinajstić information content (AvgIpc) is 3.52. The van der Waals surface area contributed by atoms with Gasteiger partial charge < -0.3 is 13.9 Å². The van der Waals surface area contributed by atoms with Crippen molar-refractivity contribution in [3.8, 4) is 34.8 Å². The molecule has 0 bridgehead atoms. The van der Waals surface area contributed by atoms with Crippen LogP contribution in [0.4, 0.5) is 4.39 Å². The number of ether oxygens (including phenoxy) is 2. The molecule has 4 aromatic rings. The van der Waals surface area contributed by atoms with E-state index in [9.17, 15) is 8.42 Å². The van der Waals surface area contributed by atoms with Crippen LogP contribution < -0.4 is 9.47 Å². The Balaban J connectivity index is 1.83. The zero-order chi connectivity index (χ0) is 27.7. The van der Waals surface area contributed by atoms with Crippen LogP contribution in [0.1, 0.15) is 36.8 Å². The highest BCUT2D eigenvalue weighted by Crippen LogP contribution is 2.38. The highest BCUT2D eigenvalue weighted by Gasteiger charge is 2.44. The molecule has 13 heteroatoms. The van der Waals surface area contributed by atoms with E-state index in [0.717, 1.165) is 19.3 Å². The molecule has 0 fully saturated rings. The number of furan rings is 1. The Hall–Kier alpha value is -4.31. The van der Waals surface area contributed by atoms with E-state index in [1.54, 1.807) is 37.3 Å². The number of benzene rings is 1. The molecule has 0 radical (unpaired) electrons. The fourth-order valence-electron chi connectivity index (χ4n) is 3.87. The number of aryl methyl sites for hydroxylation is 1. The van der Waals surface area contributed by atoms with Crippen LogP contribution in [0.15, 0.2) is 47.1 Å². The summed E-state index contributed by atoms with van der Waals surface area (Å²) in [6.07, 6.45) is 2.28. The molecule has 198 valence electrons. The first kappa shape index (κ1) is 26.7. The number of para-hydroxylation sites is 1. The summed E-state index contributed by atoms with van der Waals surface area (Å²) in [5.74, 6) is 0.826. The van der Waals surface area contributed by atoms with Crippen LogP contribution in [-0.4, -0.2) is 52.6 Å². The van der Waals surface area contributed by atoms with Gasteiger partial charge in [0.15, 0.2) is 32.9 Å². The second-order valence-corrected chi connectivity index (χ2v) is 11.0. The Kier molecular flexibility index (Phi) is 7.19. The van der Waals surface area contributed by atoms with Gasteiger partial charge in [-0.25, -0.2) is 22.8 Å². The van der Waals surface area contributed by atoms with Crippen molar-refractivity contribution >= 4 is 9.84 Å². The number of methoxy groups -OCH3 is 2. The number of aromatic nitrogens is 5. The van der Waals surface area contributed by atoms with Crippen LogP contribution in [0.2, 0.25) is 0 Å². The highest BCUT2D eigenvalue weighted by atomic mass is 32.2. The second-order valence-electron chi connectivity index (χ2n) is 8.63. The summed E-state index contributed by atoms with van der Waals surface area (Å²) in [4.78, 5) is 7.74. The zero-order valence-electron chi connectivity index (χ0n) is 21.3. The minimum atomic E-state index is -4.22. The van der Waals surface area contributed by atoms with E-state index in [1.807, 2.05) is 6.07 Å². The molecule has 0 amide bonds. The van der Waals surface area contributed by atoms with Gasteiger partial charge in [-0.05, 0) is 45.0 Å². The van der Waals surface area contributed by atoms with Crippen molar-refractivity contribution in [2.75, 3.05) is 14.2 Å². The van der Waals surface area contributed by atoms with Gasteiger partial charge >= 0.3 is 0 Å². The molecule has 38 heavy (non-hydrogen) atoms. The van der Waals surface area contributed by atoms with Crippen molar-refractivity contribution in [1.29, 1.82) is 5.26 Å². The molecule has 0 N–H and O–H groups in total. The van der Waals surface area contributed by atoms with E-state index in [4.69, 9.17) is 19.2 Å². The number of nitriles is 1. The summed E-state index contributed by atoms with van der Waals surface area (Å²) in [5.41, 5.74) is -2.00. The molecular formula is C25H25FN6O5S. The molecule has 0 saturated carbocycles. The summed E-state index contributed by atoms with van der Waals surface area (Å²) in [6.45, 7) is 4.08. The number of alkyl halides is 1. The standard InChI is InChI=1S/C25H25FN6O5S/c1-15-9-10-20(37-15)23-31-30-21(32(23)22-18(35-4)7-6-8-19(22)36-5)14-38(33,34)16(2)25(3,26)24-28-12-17(11-27)13-29-24/h6-10,12-13,16H,14H2,1-5H3/t16-,25+/m0/s1. The molecule has 3 aromatic heterocycles. The number of rotatable bonds is 9. The normalized spacial score (nSPS) is 13.9.